The largest absolute Gasteiger partial charge is 0.492 e. The number of benzene rings is 1. The van der Waals surface area contributed by atoms with E-state index in [-0.39, 0.29) is 0 Å². The van der Waals surface area contributed by atoms with E-state index in [2.05, 4.69) is 15.5 Å². The molecule has 6 heteroatoms. The second-order valence-corrected chi connectivity index (χ2v) is 5.50. The maximum atomic E-state index is 6.01. The molecule has 2 N–H and O–H groups in total. The van der Waals surface area contributed by atoms with Gasteiger partial charge in [0.2, 0.25) is 0 Å². The van der Waals surface area contributed by atoms with Gasteiger partial charge in [-0.2, -0.15) is 0 Å². The van der Waals surface area contributed by atoms with Gasteiger partial charge >= 0.3 is 0 Å². The van der Waals surface area contributed by atoms with E-state index in [1.807, 2.05) is 29.8 Å². The van der Waals surface area contributed by atoms with Crippen LogP contribution in [0.2, 0.25) is 0 Å². The van der Waals surface area contributed by atoms with E-state index in [1.165, 1.54) is 19.3 Å². The minimum absolute atomic E-state index is 0.600. The van der Waals surface area contributed by atoms with Gasteiger partial charge in [-0.1, -0.05) is 19.3 Å². The zero-order valence-corrected chi connectivity index (χ0v) is 12.3. The number of ether oxygens (including phenoxy) is 1. The zero-order valence-electron chi connectivity index (χ0n) is 12.3. The number of nitrogens with zero attached hydrogens (tertiary/aromatic N) is 4. The van der Waals surface area contributed by atoms with Crippen LogP contribution in [0.25, 0.3) is 11.4 Å². The van der Waals surface area contributed by atoms with E-state index < -0.39 is 0 Å². The lowest BCUT2D eigenvalue weighted by molar-refractivity contribution is 0.277. The molecule has 1 fully saturated rings. The monoisotopic (exact) mass is 287 g/mol. The van der Waals surface area contributed by atoms with Crippen molar-refractivity contribution in [1.82, 2.24) is 20.2 Å². The Bertz CT molecular complexity index is 606. The molecule has 1 heterocycles. The summed E-state index contributed by atoms with van der Waals surface area (Å²) in [4.78, 5) is 0. The standard InChI is InChI=1S/C15H21N5O/c1-2-21-14-7-6-12(10-13(14)16)15-17-18-19-20(15)9-8-11-4-3-5-11/h6-7,10-11H,2-5,8-9,16H2,1H3. The summed E-state index contributed by atoms with van der Waals surface area (Å²) >= 11 is 0. The predicted octanol–water partition coefficient (Wildman–Crippen LogP) is 2.51. The molecule has 0 saturated heterocycles. The maximum Gasteiger partial charge on any atom is 0.182 e. The van der Waals surface area contributed by atoms with Crippen molar-refractivity contribution in [2.45, 2.75) is 39.2 Å². The average Bonchev–Trinajstić information content (AvgIpc) is 2.88. The highest BCUT2D eigenvalue weighted by atomic mass is 16.5. The molecule has 1 aliphatic carbocycles. The molecule has 0 aliphatic heterocycles. The van der Waals surface area contributed by atoms with Crippen LogP contribution >= 0.6 is 0 Å². The molecule has 21 heavy (non-hydrogen) atoms. The highest BCUT2D eigenvalue weighted by Gasteiger charge is 2.18. The van der Waals surface area contributed by atoms with Crippen molar-refractivity contribution in [3.05, 3.63) is 18.2 Å². The summed E-state index contributed by atoms with van der Waals surface area (Å²) in [7, 11) is 0. The van der Waals surface area contributed by atoms with E-state index in [9.17, 15) is 0 Å². The molecule has 0 bridgehead atoms. The molecule has 0 amide bonds. The van der Waals surface area contributed by atoms with Crippen molar-refractivity contribution in [2.24, 2.45) is 5.92 Å². The Labute approximate surface area is 124 Å². The second-order valence-electron chi connectivity index (χ2n) is 5.50. The molecule has 6 nitrogen and oxygen atoms in total. The summed E-state index contributed by atoms with van der Waals surface area (Å²) < 4.78 is 7.33. The van der Waals surface area contributed by atoms with Gasteiger partial charge in [0.15, 0.2) is 5.82 Å². The first-order chi connectivity index (χ1) is 10.3. The van der Waals surface area contributed by atoms with Crippen LogP contribution in [0.4, 0.5) is 5.69 Å². The summed E-state index contributed by atoms with van der Waals surface area (Å²) in [6.07, 6.45) is 5.19. The number of nitrogens with two attached hydrogens (primary N) is 1. The molecule has 1 aromatic carbocycles. The SMILES string of the molecule is CCOc1ccc(-c2nnnn2CCC2CCC2)cc1N. The summed E-state index contributed by atoms with van der Waals surface area (Å²) in [5, 5.41) is 12.0. The summed E-state index contributed by atoms with van der Waals surface area (Å²) in [5.41, 5.74) is 7.55. The molecule has 1 aromatic heterocycles. The number of nitrogen functional groups attached to an aromatic ring is 1. The van der Waals surface area contributed by atoms with E-state index in [0.29, 0.717) is 18.0 Å². The van der Waals surface area contributed by atoms with Gasteiger partial charge in [-0.15, -0.1) is 5.10 Å². The van der Waals surface area contributed by atoms with Crippen molar-refractivity contribution in [3.8, 4) is 17.1 Å². The first-order valence-electron chi connectivity index (χ1n) is 7.56. The van der Waals surface area contributed by atoms with Gasteiger partial charge < -0.3 is 10.5 Å². The predicted molar refractivity (Wildman–Crippen MR) is 80.8 cm³/mol. The summed E-state index contributed by atoms with van der Waals surface area (Å²) in [5.74, 6) is 2.31. The molecule has 1 aliphatic rings. The summed E-state index contributed by atoms with van der Waals surface area (Å²) in [6.45, 7) is 3.40. The average molecular weight is 287 g/mol. The van der Waals surface area contributed by atoms with Crippen LogP contribution in [0, 0.1) is 5.92 Å². The number of tetrazole rings is 1. The Balaban J connectivity index is 1.76. The van der Waals surface area contributed by atoms with E-state index in [4.69, 9.17) is 10.5 Å². The van der Waals surface area contributed by atoms with Crippen LogP contribution in [0.3, 0.4) is 0 Å². The third-order valence-corrected chi connectivity index (χ3v) is 4.07. The Morgan fingerprint density at radius 2 is 2.24 bits per heavy atom. The Morgan fingerprint density at radius 3 is 2.90 bits per heavy atom. The number of hydrogen-bond acceptors (Lipinski definition) is 5. The van der Waals surface area contributed by atoms with Gasteiger partial charge in [-0.3, -0.25) is 0 Å². The minimum atomic E-state index is 0.600. The first kappa shape index (κ1) is 13.9. The second kappa shape index (κ2) is 6.11. The van der Waals surface area contributed by atoms with E-state index in [1.54, 1.807) is 0 Å². The van der Waals surface area contributed by atoms with E-state index >= 15 is 0 Å². The van der Waals surface area contributed by atoms with Crippen LogP contribution < -0.4 is 10.5 Å². The smallest absolute Gasteiger partial charge is 0.182 e. The van der Waals surface area contributed by atoms with Gasteiger partial charge in [0, 0.05) is 12.1 Å². The third kappa shape index (κ3) is 2.99. The summed E-state index contributed by atoms with van der Waals surface area (Å²) in [6, 6.07) is 5.70. The minimum Gasteiger partial charge on any atom is -0.492 e. The lowest BCUT2D eigenvalue weighted by atomic mass is 9.83. The first-order valence-corrected chi connectivity index (χ1v) is 7.56. The lowest BCUT2D eigenvalue weighted by Crippen LogP contribution is -2.15. The molecule has 3 rings (SSSR count). The van der Waals surface area contributed by atoms with Crippen LogP contribution in [-0.4, -0.2) is 26.8 Å². The van der Waals surface area contributed by atoms with Crippen molar-refractivity contribution >= 4 is 5.69 Å². The van der Waals surface area contributed by atoms with Gasteiger partial charge in [-0.05, 0) is 47.9 Å². The van der Waals surface area contributed by atoms with Gasteiger partial charge in [0.1, 0.15) is 5.75 Å². The Hall–Kier alpha value is -2.11. The van der Waals surface area contributed by atoms with Crippen molar-refractivity contribution in [3.63, 3.8) is 0 Å². The van der Waals surface area contributed by atoms with Crippen LogP contribution in [0.5, 0.6) is 5.75 Å². The molecule has 112 valence electrons. The van der Waals surface area contributed by atoms with Crippen molar-refractivity contribution in [1.29, 1.82) is 0 Å². The zero-order chi connectivity index (χ0) is 14.7. The normalized spacial score (nSPS) is 14.9. The van der Waals surface area contributed by atoms with Gasteiger partial charge in [0.25, 0.3) is 0 Å². The number of anilines is 1. The molecule has 0 atom stereocenters. The third-order valence-electron chi connectivity index (χ3n) is 4.07. The molecule has 0 unspecified atom stereocenters. The molecule has 0 radical (unpaired) electrons. The maximum absolute atomic E-state index is 6.01. The Kier molecular flexibility index (Phi) is 4.03. The van der Waals surface area contributed by atoms with Crippen molar-refractivity contribution in [2.75, 3.05) is 12.3 Å². The Morgan fingerprint density at radius 1 is 1.38 bits per heavy atom. The van der Waals surface area contributed by atoms with Gasteiger partial charge in [0.05, 0.1) is 12.3 Å². The molecule has 2 aromatic rings. The van der Waals surface area contributed by atoms with Crippen LogP contribution in [-0.2, 0) is 6.54 Å². The lowest BCUT2D eigenvalue weighted by Gasteiger charge is -2.24. The highest BCUT2D eigenvalue weighted by molar-refractivity contribution is 5.66. The molecular weight excluding hydrogens is 266 g/mol. The quantitative estimate of drug-likeness (QED) is 0.826. The number of aryl methyl sites for hydroxylation is 1. The topological polar surface area (TPSA) is 78.9 Å². The molecule has 1 saturated carbocycles. The molecule has 0 spiro atoms. The fraction of sp³-hybridized carbons (Fsp3) is 0.533. The fourth-order valence-electron chi connectivity index (χ4n) is 2.62. The number of aromatic nitrogens is 4. The molecular formula is C15H21N5O. The number of hydrogen-bond donors (Lipinski definition) is 1. The van der Waals surface area contributed by atoms with Crippen LogP contribution in [0.1, 0.15) is 32.6 Å². The van der Waals surface area contributed by atoms with E-state index in [0.717, 1.165) is 30.3 Å². The van der Waals surface area contributed by atoms with Crippen molar-refractivity contribution < 1.29 is 4.74 Å². The van der Waals surface area contributed by atoms with Gasteiger partial charge in [-0.25, -0.2) is 4.68 Å². The highest BCUT2D eigenvalue weighted by Crippen LogP contribution is 2.31. The number of rotatable bonds is 6. The fourth-order valence-corrected chi connectivity index (χ4v) is 2.62. The van der Waals surface area contributed by atoms with Crippen LogP contribution in [0.15, 0.2) is 18.2 Å².